The second-order valence-corrected chi connectivity index (χ2v) is 7.46. The molecule has 2 heterocycles. The summed E-state index contributed by atoms with van der Waals surface area (Å²) in [4.78, 5) is 19.1. The second-order valence-electron chi connectivity index (χ2n) is 7.46. The Bertz CT molecular complexity index is 849. The van der Waals surface area contributed by atoms with E-state index in [1.54, 1.807) is 17.7 Å². The third-order valence-electron chi connectivity index (χ3n) is 4.98. The first-order chi connectivity index (χ1) is 13.9. The SMILES string of the molecule is CCOc1cc2c(nc(OC3CCC(OC[C@H](C)NC(C)=O)CC3)n2C)c(F)n1. The molecule has 2 aromatic rings. The van der Waals surface area contributed by atoms with E-state index in [1.165, 1.54) is 6.92 Å². The lowest BCUT2D eigenvalue weighted by atomic mass is 9.95. The van der Waals surface area contributed by atoms with Gasteiger partial charge in [0, 0.05) is 26.1 Å². The minimum Gasteiger partial charge on any atom is -0.478 e. The molecule has 0 spiro atoms. The van der Waals surface area contributed by atoms with Crippen LogP contribution in [-0.4, -0.2) is 51.9 Å². The molecule has 9 heteroatoms. The van der Waals surface area contributed by atoms with Crippen molar-refractivity contribution in [2.45, 2.75) is 64.7 Å². The summed E-state index contributed by atoms with van der Waals surface area (Å²) in [6.07, 6.45) is 3.54. The number of pyridine rings is 1. The number of imidazole rings is 1. The summed E-state index contributed by atoms with van der Waals surface area (Å²) >= 11 is 0. The van der Waals surface area contributed by atoms with Crippen molar-refractivity contribution in [1.29, 1.82) is 0 Å². The topological polar surface area (TPSA) is 87.5 Å². The fourth-order valence-corrected chi connectivity index (χ4v) is 3.57. The Hall–Kier alpha value is -2.42. The number of fused-ring (bicyclic) bond motifs is 1. The van der Waals surface area contributed by atoms with Gasteiger partial charge in [0.15, 0.2) is 0 Å². The third-order valence-corrected chi connectivity index (χ3v) is 4.98. The molecule has 0 bridgehead atoms. The number of hydrogen-bond acceptors (Lipinski definition) is 6. The molecule has 2 aromatic heterocycles. The normalized spacial score (nSPS) is 20.4. The van der Waals surface area contributed by atoms with Gasteiger partial charge in [0.25, 0.3) is 6.01 Å². The molecule has 1 aliphatic carbocycles. The summed E-state index contributed by atoms with van der Waals surface area (Å²) in [7, 11) is 1.79. The summed E-state index contributed by atoms with van der Waals surface area (Å²) < 4.78 is 33.3. The molecule has 160 valence electrons. The van der Waals surface area contributed by atoms with Crippen LogP contribution in [0.3, 0.4) is 0 Å². The number of halogens is 1. The molecule has 1 atom stereocenters. The van der Waals surface area contributed by atoms with Gasteiger partial charge in [-0.3, -0.25) is 9.36 Å². The number of hydrogen-bond donors (Lipinski definition) is 1. The smallest absolute Gasteiger partial charge is 0.297 e. The quantitative estimate of drug-likeness (QED) is 0.676. The predicted molar refractivity (Wildman–Crippen MR) is 106 cm³/mol. The molecule has 1 saturated carbocycles. The first kappa shape index (κ1) is 21.3. The molecule has 1 aliphatic rings. The predicted octanol–water partition coefficient (Wildman–Crippen LogP) is 2.74. The molecule has 0 aromatic carbocycles. The third kappa shape index (κ3) is 5.35. The Kier molecular flexibility index (Phi) is 6.89. The highest BCUT2D eigenvalue weighted by molar-refractivity contribution is 5.77. The zero-order chi connectivity index (χ0) is 21.0. The highest BCUT2D eigenvalue weighted by Crippen LogP contribution is 2.29. The van der Waals surface area contributed by atoms with E-state index in [-0.39, 0.29) is 35.6 Å². The molecule has 8 nitrogen and oxygen atoms in total. The fourth-order valence-electron chi connectivity index (χ4n) is 3.57. The van der Waals surface area contributed by atoms with Crippen molar-refractivity contribution in [2.75, 3.05) is 13.2 Å². The van der Waals surface area contributed by atoms with Crippen LogP contribution in [0, 0.1) is 5.95 Å². The molecule has 29 heavy (non-hydrogen) atoms. The van der Waals surface area contributed by atoms with Crippen LogP contribution in [0.4, 0.5) is 4.39 Å². The first-order valence-corrected chi connectivity index (χ1v) is 10.1. The Balaban J connectivity index is 1.56. The highest BCUT2D eigenvalue weighted by Gasteiger charge is 2.25. The summed E-state index contributed by atoms with van der Waals surface area (Å²) in [6, 6.07) is 2.03. The van der Waals surface area contributed by atoms with E-state index in [0.717, 1.165) is 25.7 Å². The molecule has 0 unspecified atom stereocenters. The zero-order valence-electron chi connectivity index (χ0n) is 17.4. The number of amides is 1. The molecular weight excluding hydrogens is 379 g/mol. The number of aromatic nitrogens is 3. The van der Waals surface area contributed by atoms with E-state index in [2.05, 4.69) is 15.3 Å². The van der Waals surface area contributed by atoms with Gasteiger partial charge in [-0.05, 0) is 39.5 Å². The Morgan fingerprint density at radius 3 is 2.66 bits per heavy atom. The number of carbonyl (C=O) groups is 1. The Morgan fingerprint density at radius 1 is 1.31 bits per heavy atom. The van der Waals surface area contributed by atoms with Crippen LogP contribution < -0.4 is 14.8 Å². The van der Waals surface area contributed by atoms with Gasteiger partial charge in [-0.2, -0.15) is 14.4 Å². The molecule has 1 fully saturated rings. The number of carbonyl (C=O) groups excluding carboxylic acids is 1. The summed E-state index contributed by atoms with van der Waals surface area (Å²) in [5, 5.41) is 2.81. The van der Waals surface area contributed by atoms with E-state index < -0.39 is 5.95 Å². The average Bonchev–Trinajstić information content (AvgIpc) is 2.98. The fraction of sp³-hybridized carbons (Fsp3) is 0.650. The lowest BCUT2D eigenvalue weighted by Crippen LogP contribution is -2.37. The first-order valence-electron chi connectivity index (χ1n) is 10.1. The zero-order valence-corrected chi connectivity index (χ0v) is 17.4. The highest BCUT2D eigenvalue weighted by atomic mass is 19.1. The number of nitrogens with zero attached hydrogens (tertiary/aromatic N) is 3. The van der Waals surface area contributed by atoms with Crippen LogP contribution in [0.1, 0.15) is 46.5 Å². The molecule has 0 aliphatic heterocycles. The summed E-state index contributed by atoms with van der Waals surface area (Å²) in [5.74, 6) is -0.485. The second kappa shape index (κ2) is 9.39. The molecule has 0 radical (unpaired) electrons. The van der Waals surface area contributed by atoms with Crippen LogP contribution in [0.2, 0.25) is 0 Å². The molecule has 1 amide bonds. The standard InChI is InChI=1S/C20H29FN4O4/c1-5-27-17-10-16-18(19(21)23-17)24-20(25(16)4)29-15-8-6-14(7-9-15)28-11-12(2)22-13(3)26/h10,12,14-15H,5-9,11H2,1-4H3,(H,22,26)/t12-,14?,15?/m0/s1. The number of aryl methyl sites for hydroxylation is 1. The van der Waals surface area contributed by atoms with Crippen molar-refractivity contribution in [3.63, 3.8) is 0 Å². The molecule has 3 rings (SSSR count). The van der Waals surface area contributed by atoms with Crippen molar-refractivity contribution in [1.82, 2.24) is 19.9 Å². The lowest BCUT2D eigenvalue weighted by Gasteiger charge is -2.29. The van der Waals surface area contributed by atoms with Crippen molar-refractivity contribution < 1.29 is 23.4 Å². The van der Waals surface area contributed by atoms with Gasteiger partial charge < -0.3 is 19.5 Å². The van der Waals surface area contributed by atoms with Crippen molar-refractivity contribution >= 4 is 16.9 Å². The molecule has 1 N–H and O–H groups in total. The Labute approximate surface area is 169 Å². The van der Waals surface area contributed by atoms with Crippen LogP contribution in [0.25, 0.3) is 11.0 Å². The maximum absolute atomic E-state index is 14.3. The minimum absolute atomic E-state index is 0.000475. The van der Waals surface area contributed by atoms with Gasteiger partial charge in [0.2, 0.25) is 17.7 Å². The molecule has 0 saturated heterocycles. The number of nitrogens with one attached hydrogen (secondary N) is 1. The van der Waals surface area contributed by atoms with Crippen LogP contribution in [0.15, 0.2) is 6.07 Å². The maximum Gasteiger partial charge on any atom is 0.297 e. The van der Waals surface area contributed by atoms with E-state index >= 15 is 0 Å². The van der Waals surface area contributed by atoms with Crippen LogP contribution in [-0.2, 0) is 16.6 Å². The van der Waals surface area contributed by atoms with Gasteiger partial charge in [-0.25, -0.2) is 0 Å². The van der Waals surface area contributed by atoms with Crippen LogP contribution >= 0.6 is 0 Å². The molecular formula is C20H29FN4O4. The monoisotopic (exact) mass is 408 g/mol. The summed E-state index contributed by atoms with van der Waals surface area (Å²) in [5.41, 5.74) is 0.759. The van der Waals surface area contributed by atoms with Crippen LogP contribution in [0.5, 0.6) is 11.9 Å². The van der Waals surface area contributed by atoms with Gasteiger partial charge in [0.05, 0.1) is 24.8 Å². The number of rotatable bonds is 8. The van der Waals surface area contributed by atoms with E-state index in [4.69, 9.17) is 14.2 Å². The maximum atomic E-state index is 14.3. The van der Waals surface area contributed by atoms with Gasteiger partial charge in [-0.15, -0.1) is 0 Å². The van der Waals surface area contributed by atoms with Crippen molar-refractivity contribution in [3.05, 3.63) is 12.0 Å². The van der Waals surface area contributed by atoms with Gasteiger partial charge in [0.1, 0.15) is 11.6 Å². The average molecular weight is 408 g/mol. The lowest BCUT2D eigenvalue weighted by molar-refractivity contribution is -0.120. The van der Waals surface area contributed by atoms with E-state index in [9.17, 15) is 9.18 Å². The van der Waals surface area contributed by atoms with Crippen molar-refractivity contribution in [3.8, 4) is 11.9 Å². The minimum atomic E-state index is -0.665. The van der Waals surface area contributed by atoms with Crippen molar-refractivity contribution in [2.24, 2.45) is 7.05 Å². The summed E-state index contributed by atoms with van der Waals surface area (Å²) in [6.45, 7) is 6.15. The van der Waals surface area contributed by atoms with E-state index in [0.29, 0.717) is 24.7 Å². The largest absolute Gasteiger partial charge is 0.478 e. The van der Waals surface area contributed by atoms with Gasteiger partial charge >= 0.3 is 0 Å². The Morgan fingerprint density at radius 2 is 2.00 bits per heavy atom. The van der Waals surface area contributed by atoms with Gasteiger partial charge in [-0.1, -0.05) is 0 Å². The number of ether oxygens (including phenoxy) is 3. The van der Waals surface area contributed by atoms with E-state index in [1.807, 2.05) is 13.8 Å².